The summed E-state index contributed by atoms with van der Waals surface area (Å²) in [5.41, 5.74) is 1.42. The van der Waals surface area contributed by atoms with Crippen molar-refractivity contribution in [2.75, 3.05) is 13.6 Å². The molecule has 1 fully saturated rings. The predicted octanol–water partition coefficient (Wildman–Crippen LogP) is 3.85. The molecule has 0 aliphatic heterocycles. The van der Waals surface area contributed by atoms with E-state index < -0.39 is 0 Å². The fraction of sp³-hybridized carbons (Fsp3) is 0.316. The minimum absolute atomic E-state index is 0. The van der Waals surface area contributed by atoms with E-state index >= 15 is 0 Å². The van der Waals surface area contributed by atoms with Crippen LogP contribution in [0.2, 0.25) is 0 Å². The molecule has 1 aliphatic rings. The SMILES string of the molecule is CN=C(NCCc1ccccc1F)NC1CC1c1ccccc1F.I. The Bertz CT molecular complexity index is 736. The van der Waals surface area contributed by atoms with Crippen molar-refractivity contribution in [3.05, 3.63) is 71.3 Å². The van der Waals surface area contributed by atoms with Crippen molar-refractivity contribution < 1.29 is 8.78 Å². The summed E-state index contributed by atoms with van der Waals surface area (Å²) in [4.78, 5) is 4.18. The van der Waals surface area contributed by atoms with Gasteiger partial charge in [-0.25, -0.2) is 8.78 Å². The molecule has 0 aromatic heterocycles. The maximum Gasteiger partial charge on any atom is 0.191 e. The van der Waals surface area contributed by atoms with E-state index in [1.165, 1.54) is 12.1 Å². The quantitative estimate of drug-likeness (QED) is 0.407. The first-order chi connectivity index (χ1) is 11.7. The number of guanidine groups is 1. The number of hydrogen-bond acceptors (Lipinski definition) is 1. The molecule has 2 aromatic rings. The molecule has 3 rings (SSSR count). The summed E-state index contributed by atoms with van der Waals surface area (Å²) in [5, 5.41) is 6.48. The molecule has 1 saturated carbocycles. The highest BCUT2D eigenvalue weighted by molar-refractivity contribution is 14.0. The number of nitrogens with one attached hydrogen (secondary N) is 2. The lowest BCUT2D eigenvalue weighted by atomic mass is 10.1. The highest BCUT2D eigenvalue weighted by Crippen LogP contribution is 2.41. The lowest BCUT2D eigenvalue weighted by Crippen LogP contribution is -2.40. The van der Waals surface area contributed by atoms with Crippen molar-refractivity contribution in [2.24, 2.45) is 4.99 Å². The summed E-state index contributed by atoms with van der Waals surface area (Å²) in [5.74, 6) is 0.491. The Morgan fingerprint density at radius 3 is 2.44 bits per heavy atom. The third-order valence-corrected chi connectivity index (χ3v) is 4.29. The molecule has 0 radical (unpaired) electrons. The number of hydrogen-bond donors (Lipinski definition) is 2. The highest BCUT2D eigenvalue weighted by Gasteiger charge is 2.40. The van der Waals surface area contributed by atoms with Gasteiger partial charge in [0.1, 0.15) is 11.6 Å². The fourth-order valence-electron chi connectivity index (χ4n) is 2.86. The van der Waals surface area contributed by atoms with Crippen molar-refractivity contribution in [3.63, 3.8) is 0 Å². The summed E-state index contributed by atoms with van der Waals surface area (Å²) in [6.07, 6.45) is 1.46. The first kappa shape index (κ1) is 19.6. The maximum atomic E-state index is 13.8. The van der Waals surface area contributed by atoms with Crippen LogP contribution in [0, 0.1) is 11.6 Å². The van der Waals surface area contributed by atoms with E-state index in [9.17, 15) is 8.78 Å². The average Bonchev–Trinajstić information content (AvgIpc) is 3.35. The first-order valence-electron chi connectivity index (χ1n) is 8.14. The molecular formula is C19H22F2IN3. The van der Waals surface area contributed by atoms with Crippen LogP contribution in [0.3, 0.4) is 0 Å². The zero-order chi connectivity index (χ0) is 16.9. The van der Waals surface area contributed by atoms with Crippen molar-refractivity contribution in [1.82, 2.24) is 10.6 Å². The van der Waals surface area contributed by atoms with E-state index in [2.05, 4.69) is 15.6 Å². The summed E-state index contributed by atoms with van der Waals surface area (Å²) in [6.45, 7) is 0.581. The standard InChI is InChI=1S/C19H21F2N3.HI/c1-22-19(23-11-10-13-6-2-4-8-16(13)20)24-18-12-15(18)14-7-3-5-9-17(14)21;/h2-9,15,18H,10-12H2,1H3,(H2,22,23,24);1H. The van der Waals surface area contributed by atoms with Crippen LogP contribution in [0.15, 0.2) is 53.5 Å². The van der Waals surface area contributed by atoms with Gasteiger partial charge in [0, 0.05) is 25.6 Å². The van der Waals surface area contributed by atoms with E-state index in [0.29, 0.717) is 24.5 Å². The first-order valence-corrected chi connectivity index (χ1v) is 8.14. The molecule has 134 valence electrons. The van der Waals surface area contributed by atoms with Gasteiger partial charge in [-0.3, -0.25) is 4.99 Å². The molecule has 0 saturated heterocycles. The lowest BCUT2D eigenvalue weighted by molar-refractivity contribution is 0.605. The monoisotopic (exact) mass is 457 g/mol. The van der Waals surface area contributed by atoms with Crippen LogP contribution in [0.5, 0.6) is 0 Å². The minimum Gasteiger partial charge on any atom is -0.356 e. The molecule has 1 aliphatic carbocycles. The zero-order valence-electron chi connectivity index (χ0n) is 14.0. The molecule has 6 heteroatoms. The second-order valence-corrected chi connectivity index (χ2v) is 5.95. The summed E-state index contributed by atoms with van der Waals surface area (Å²) in [6, 6.07) is 13.8. The van der Waals surface area contributed by atoms with E-state index in [1.54, 1.807) is 25.2 Å². The molecule has 2 N–H and O–H groups in total. The summed E-state index contributed by atoms with van der Waals surface area (Å²) in [7, 11) is 1.69. The van der Waals surface area contributed by atoms with Crippen LogP contribution in [-0.4, -0.2) is 25.6 Å². The fourth-order valence-corrected chi connectivity index (χ4v) is 2.86. The highest BCUT2D eigenvalue weighted by atomic mass is 127. The van der Waals surface area contributed by atoms with Gasteiger partial charge in [-0.1, -0.05) is 36.4 Å². The van der Waals surface area contributed by atoms with Crippen molar-refractivity contribution >= 4 is 29.9 Å². The second kappa shape index (κ2) is 9.12. The van der Waals surface area contributed by atoms with Gasteiger partial charge >= 0.3 is 0 Å². The molecule has 0 spiro atoms. The number of aliphatic imine (C=N–C) groups is 1. The zero-order valence-corrected chi connectivity index (χ0v) is 16.3. The molecule has 0 bridgehead atoms. The van der Waals surface area contributed by atoms with Gasteiger partial charge in [0.05, 0.1) is 0 Å². The third kappa shape index (κ3) is 5.14. The van der Waals surface area contributed by atoms with Crippen LogP contribution in [-0.2, 0) is 6.42 Å². The Labute approximate surface area is 164 Å². The van der Waals surface area contributed by atoms with Gasteiger partial charge in [-0.15, -0.1) is 24.0 Å². The van der Waals surface area contributed by atoms with Crippen LogP contribution < -0.4 is 10.6 Å². The lowest BCUT2D eigenvalue weighted by Gasteiger charge is -2.12. The van der Waals surface area contributed by atoms with Crippen LogP contribution in [0.4, 0.5) is 8.78 Å². The molecule has 0 heterocycles. The van der Waals surface area contributed by atoms with Gasteiger partial charge < -0.3 is 10.6 Å². The van der Waals surface area contributed by atoms with Gasteiger partial charge in [-0.05, 0) is 36.1 Å². The van der Waals surface area contributed by atoms with E-state index in [-0.39, 0.29) is 47.6 Å². The van der Waals surface area contributed by atoms with Gasteiger partial charge in [-0.2, -0.15) is 0 Å². The van der Waals surface area contributed by atoms with Crippen LogP contribution in [0.25, 0.3) is 0 Å². The van der Waals surface area contributed by atoms with Gasteiger partial charge in [0.25, 0.3) is 0 Å². The third-order valence-electron chi connectivity index (χ3n) is 4.29. The number of benzene rings is 2. The molecule has 25 heavy (non-hydrogen) atoms. The Kier molecular flexibility index (Phi) is 7.16. The van der Waals surface area contributed by atoms with E-state index in [0.717, 1.165) is 12.0 Å². The molecule has 0 amide bonds. The minimum atomic E-state index is -0.191. The number of nitrogens with zero attached hydrogens (tertiary/aromatic N) is 1. The molecular weight excluding hydrogens is 435 g/mol. The molecule has 2 aromatic carbocycles. The van der Waals surface area contributed by atoms with Crippen molar-refractivity contribution in [1.29, 1.82) is 0 Å². The summed E-state index contributed by atoms with van der Waals surface area (Å²) < 4.78 is 27.4. The normalized spacial score (nSPS) is 19.1. The average molecular weight is 457 g/mol. The molecule has 3 nitrogen and oxygen atoms in total. The van der Waals surface area contributed by atoms with Crippen molar-refractivity contribution in [3.8, 4) is 0 Å². The van der Waals surface area contributed by atoms with Crippen molar-refractivity contribution in [2.45, 2.75) is 24.8 Å². The predicted molar refractivity (Wildman–Crippen MR) is 108 cm³/mol. The topological polar surface area (TPSA) is 36.4 Å². The smallest absolute Gasteiger partial charge is 0.191 e. The Morgan fingerprint density at radius 1 is 1.08 bits per heavy atom. The maximum absolute atomic E-state index is 13.8. The number of rotatable bonds is 5. The van der Waals surface area contributed by atoms with Crippen LogP contribution >= 0.6 is 24.0 Å². The second-order valence-electron chi connectivity index (χ2n) is 5.95. The largest absolute Gasteiger partial charge is 0.356 e. The molecule has 2 unspecified atom stereocenters. The Morgan fingerprint density at radius 2 is 1.76 bits per heavy atom. The molecule has 2 atom stereocenters. The van der Waals surface area contributed by atoms with Gasteiger partial charge in [0.15, 0.2) is 5.96 Å². The Hall–Kier alpha value is -1.70. The number of halogens is 3. The van der Waals surface area contributed by atoms with Crippen LogP contribution in [0.1, 0.15) is 23.5 Å². The van der Waals surface area contributed by atoms with E-state index in [4.69, 9.17) is 0 Å². The Balaban J connectivity index is 0.00000225. The van der Waals surface area contributed by atoms with E-state index in [1.807, 2.05) is 18.2 Å². The summed E-state index contributed by atoms with van der Waals surface area (Å²) >= 11 is 0. The van der Waals surface area contributed by atoms with Gasteiger partial charge in [0.2, 0.25) is 0 Å².